The van der Waals surface area contributed by atoms with Gasteiger partial charge < -0.3 is 0 Å². The van der Waals surface area contributed by atoms with E-state index < -0.39 is 10.0 Å². The zero-order valence-electron chi connectivity index (χ0n) is 13.2. The van der Waals surface area contributed by atoms with E-state index in [-0.39, 0.29) is 4.90 Å². The summed E-state index contributed by atoms with van der Waals surface area (Å²) < 4.78 is 29.6. The summed E-state index contributed by atoms with van der Waals surface area (Å²) in [5.41, 5.74) is 2.41. The van der Waals surface area contributed by atoms with Crippen molar-refractivity contribution in [3.8, 4) is 0 Å². The lowest BCUT2D eigenvalue weighted by Crippen LogP contribution is -2.14. The highest BCUT2D eigenvalue weighted by molar-refractivity contribution is 7.92. The molecule has 0 spiro atoms. The molecule has 7 heteroatoms. The van der Waals surface area contributed by atoms with Crippen LogP contribution in [0, 0.1) is 13.8 Å². The lowest BCUT2D eigenvalue weighted by Gasteiger charge is -2.10. The van der Waals surface area contributed by atoms with E-state index in [1.165, 1.54) is 0 Å². The summed E-state index contributed by atoms with van der Waals surface area (Å²) in [6, 6.07) is 9.25. The predicted octanol–water partition coefficient (Wildman–Crippen LogP) is 2.87. The molecule has 0 bridgehead atoms. The number of hydrogen-bond acceptors (Lipinski definition) is 4. The van der Waals surface area contributed by atoms with E-state index in [0.29, 0.717) is 23.4 Å². The number of rotatable bonds is 4. The maximum Gasteiger partial charge on any atom is 0.265 e. The van der Waals surface area contributed by atoms with Gasteiger partial charge in [-0.05, 0) is 32.9 Å². The molecule has 0 unspecified atom stereocenters. The van der Waals surface area contributed by atoms with Crippen LogP contribution in [-0.4, -0.2) is 23.2 Å². The van der Waals surface area contributed by atoms with E-state index in [9.17, 15) is 8.42 Å². The number of para-hydroxylation sites is 1. The summed E-state index contributed by atoms with van der Waals surface area (Å²) in [6.45, 7) is 6.09. The number of aromatic nitrogens is 3. The highest BCUT2D eigenvalue weighted by Gasteiger charge is 2.21. The zero-order chi connectivity index (χ0) is 16.6. The molecule has 3 rings (SSSR count). The van der Waals surface area contributed by atoms with Crippen LogP contribution in [0.5, 0.6) is 0 Å². The van der Waals surface area contributed by atoms with E-state index >= 15 is 0 Å². The Morgan fingerprint density at radius 2 is 1.96 bits per heavy atom. The molecule has 0 aliphatic carbocycles. The number of hydrogen-bond donors (Lipinski definition) is 1. The second-order valence-corrected chi connectivity index (χ2v) is 7.02. The van der Waals surface area contributed by atoms with Gasteiger partial charge in [-0.2, -0.15) is 5.10 Å². The van der Waals surface area contributed by atoms with Gasteiger partial charge in [-0.1, -0.05) is 18.2 Å². The summed E-state index contributed by atoms with van der Waals surface area (Å²) in [7, 11) is -3.71. The van der Waals surface area contributed by atoms with Crippen LogP contribution in [0.3, 0.4) is 0 Å². The first-order chi connectivity index (χ1) is 10.9. The van der Waals surface area contributed by atoms with Crippen molar-refractivity contribution in [1.82, 2.24) is 14.8 Å². The monoisotopic (exact) mass is 330 g/mol. The molecule has 0 saturated heterocycles. The first-order valence-corrected chi connectivity index (χ1v) is 8.82. The fourth-order valence-electron chi connectivity index (χ4n) is 2.45. The number of nitrogens with one attached hydrogen (secondary N) is 1. The van der Waals surface area contributed by atoms with Gasteiger partial charge in [0.2, 0.25) is 0 Å². The normalized spacial score (nSPS) is 11.8. The van der Waals surface area contributed by atoms with Crippen LogP contribution < -0.4 is 4.72 Å². The lowest BCUT2D eigenvalue weighted by molar-refractivity contribution is 0.600. The van der Waals surface area contributed by atoms with Crippen molar-refractivity contribution in [3.05, 3.63) is 47.9 Å². The topological polar surface area (TPSA) is 76.9 Å². The molecule has 0 aliphatic rings. The molecule has 1 aromatic carbocycles. The van der Waals surface area contributed by atoms with Crippen molar-refractivity contribution >= 4 is 26.6 Å². The fourth-order valence-corrected chi connectivity index (χ4v) is 3.71. The standard InChI is InChI=1S/C16H18N4O2S/c1-4-20-10-15(12(3)18-20)23(21,22)19-14-7-5-6-13-9-8-11(2)17-16(13)14/h5-10,19H,4H2,1-3H3. The Morgan fingerprint density at radius 1 is 1.17 bits per heavy atom. The molecule has 23 heavy (non-hydrogen) atoms. The summed E-state index contributed by atoms with van der Waals surface area (Å²) in [5.74, 6) is 0. The Labute approximate surface area is 135 Å². The van der Waals surface area contributed by atoms with E-state index in [1.807, 2.05) is 32.0 Å². The summed E-state index contributed by atoms with van der Waals surface area (Å²) >= 11 is 0. The van der Waals surface area contributed by atoms with Gasteiger partial charge in [-0.25, -0.2) is 8.42 Å². The number of fused-ring (bicyclic) bond motifs is 1. The third-order valence-electron chi connectivity index (χ3n) is 3.62. The Hall–Kier alpha value is -2.41. The summed E-state index contributed by atoms with van der Waals surface area (Å²) in [4.78, 5) is 4.63. The van der Waals surface area contributed by atoms with E-state index in [1.54, 1.807) is 29.9 Å². The number of nitrogens with zero attached hydrogens (tertiary/aromatic N) is 3. The predicted molar refractivity (Wildman–Crippen MR) is 89.9 cm³/mol. The van der Waals surface area contributed by atoms with Gasteiger partial charge in [0.25, 0.3) is 10.0 Å². The number of benzene rings is 1. The van der Waals surface area contributed by atoms with Crippen LogP contribution in [0.4, 0.5) is 5.69 Å². The Balaban J connectivity index is 2.07. The fraction of sp³-hybridized carbons (Fsp3) is 0.250. The van der Waals surface area contributed by atoms with Crippen molar-refractivity contribution in [2.24, 2.45) is 0 Å². The van der Waals surface area contributed by atoms with Crippen LogP contribution in [0.15, 0.2) is 41.4 Å². The highest BCUT2D eigenvalue weighted by Crippen LogP contribution is 2.25. The van der Waals surface area contributed by atoms with Crippen LogP contribution in [0.2, 0.25) is 0 Å². The third-order valence-corrected chi connectivity index (χ3v) is 5.09. The molecule has 3 aromatic rings. The SMILES string of the molecule is CCn1cc(S(=O)(=O)Nc2cccc3ccc(C)nc23)c(C)n1. The van der Waals surface area contributed by atoms with Crippen LogP contribution in [-0.2, 0) is 16.6 Å². The molecule has 0 atom stereocenters. The highest BCUT2D eigenvalue weighted by atomic mass is 32.2. The van der Waals surface area contributed by atoms with Gasteiger partial charge in [-0.15, -0.1) is 0 Å². The number of anilines is 1. The number of pyridine rings is 1. The lowest BCUT2D eigenvalue weighted by atomic mass is 10.2. The third kappa shape index (κ3) is 2.92. The van der Waals surface area contributed by atoms with Crippen molar-refractivity contribution in [2.45, 2.75) is 32.2 Å². The largest absolute Gasteiger partial charge is 0.277 e. The molecule has 0 amide bonds. The Morgan fingerprint density at radius 3 is 2.65 bits per heavy atom. The number of sulfonamides is 1. The van der Waals surface area contributed by atoms with Crippen LogP contribution >= 0.6 is 0 Å². The minimum Gasteiger partial charge on any atom is -0.277 e. The van der Waals surface area contributed by atoms with Gasteiger partial charge in [0.05, 0.1) is 16.9 Å². The van der Waals surface area contributed by atoms with Crippen LogP contribution in [0.1, 0.15) is 18.3 Å². The Kier molecular flexibility index (Phi) is 3.81. The number of aryl methyl sites for hydroxylation is 3. The smallest absolute Gasteiger partial charge is 0.265 e. The average Bonchev–Trinajstić information content (AvgIpc) is 2.90. The zero-order valence-corrected chi connectivity index (χ0v) is 14.1. The molecule has 120 valence electrons. The minimum absolute atomic E-state index is 0.184. The second kappa shape index (κ2) is 5.66. The first kappa shape index (κ1) is 15.5. The minimum atomic E-state index is -3.71. The molecule has 0 saturated carbocycles. The molecule has 1 N–H and O–H groups in total. The van der Waals surface area contributed by atoms with Crippen molar-refractivity contribution in [3.63, 3.8) is 0 Å². The van der Waals surface area contributed by atoms with Gasteiger partial charge in [-0.3, -0.25) is 14.4 Å². The van der Waals surface area contributed by atoms with Crippen LogP contribution in [0.25, 0.3) is 10.9 Å². The molecular formula is C16H18N4O2S. The molecule has 2 aromatic heterocycles. The first-order valence-electron chi connectivity index (χ1n) is 7.34. The van der Waals surface area contributed by atoms with Crippen molar-refractivity contribution in [1.29, 1.82) is 0 Å². The molecule has 0 aliphatic heterocycles. The van der Waals surface area contributed by atoms with E-state index in [0.717, 1.165) is 11.1 Å². The molecule has 0 radical (unpaired) electrons. The van der Waals surface area contributed by atoms with Crippen molar-refractivity contribution < 1.29 is 8.42 Å². The molecular weight excluding hydrogens is 312 g/mol. The quantitative estimate of drug-likeness (QED) is 0.798. The maximum atomic E-state index is 12.7. The van der Waals surface area contributed by atoms with E-state index in [4.69, 9.17) is 0 Å². The second-order valence-electron chi connectivity index (χ2n) is 5.37. The molecule has 2 heterocycles. The summed E-state index contributed by atoms with van der Waals surface area (Å²) in [6.07, 6.45) is 1.54. The maximum absolute atomic E-state index is 12.7. The van der Waals surface area contributed by atoms with E-state index in [2.05, 4.69) is 14.8 Å². The van der Waals surface area contributed by atoms with Gasteiger partial charge in [0, 0.05) is 23.8 Å². The Bertz CT molecular complexity index is 977. The van der Waals surface area contributed by atoms with Gasteiger partial charge in [0.1, 0.15) is 4.90 Å². The van der Waals surface area contributed by atoms with Crippen molar-refractivity contribution in [2.75, 3.05) is 4.72 Å². The van der Waals surface area contributed by atoms with Gasteiger partial charge in [0.15, 0.2) is 0 Å². The average molecular weight is 330 g/mol. The molecule has 0 fully saturated rings. The summed E-state index contributed by atoms with van der Waals surface area (Å²) in [5, 5.41) is 5.08. The molecule has 6 nitrogen and oxygen atoms in total. The van der Waals surface area contributed by atoms with Gasteiger partial charge >= 0.3 is 0 Å².